The number of nitrogens with one attached hydrogen (secondary N) is 2. The van der Waals surface area contributed by atoms with Gasteiger partial charge in [0.05, 0.1) is 32.2 Å². The van der Waals surface area contributed by atoms with Crippen LogP contribution >= 0.6 is 0 Å². The van der Waals surface area contributed by atoms with Crippen LogP contribution in [0.15, 0.2) is 47.3 Å². The molecule has 0 bridgehead atoms. The minimum atomic E-state index is -0.101. The van der Waals surface area contributed by atoms with Crippen LogP contribution in [0, 0.1) is 0 Å². The Morgan fingerprint density at radius 2 is 1.85 bits per heavy atom. The molecule has 2 atom stereocenters. The summed E-state index contributed by atoms with van der Waals surface area (Å²) in [6.45, 7) is 2.82. The Labute approximate surface area is 152 Å². The van der Waals surface area contributed by atoms with Crippen molar-refractivity contribution in [2.75, 3.05) is 21.3 Å². The lowest BCUT2D eigenvalue weighted by Crippen LogP contribution is -3.07. The van der Waals surface area contributed by atoms with Crippen molar-refractivity contribution in [3.63, 3.8) is 0 Å². The van der Waals surface area contributed by atoms with Crippen LogP contribution < -0.4 is 19.9 Å². The van der Waals surface area contributed by atoms with Gasteiger partial charge in [0.15, 0.2) is 17.3 Å². The predicted molar refractivity (Wildman–Crippen MR) is 101 cm³/mol. The lowest BCUT2D eigenvalue weighted by atomic mass is 10.1. The summed E-state index contributed by atoms with van der Waals surface area (Å²) < 4.78 is 10.7. The van der Waals surface area contributed by atoms with Crippen molar-refractivity contribution < 1.29 is 14.4 Å². The van der Waals surface area contributed by atoms with Crippen LogP contribution in [0.5, 0.6) is 11.5 Å². The van der Waals surface area contributed by atoms with Crippen molar-refractivity contribution in [1.82, 2.24) is 9.97 Å². The van der Waals surface area contributed by atoms with Gasteiger partial charge in [0.1, 0.15) is 12.6 Å². The van der Waals surface area contributed by atoms with Crippen LogP contribution in [0.3, 0.4) is 0 Å². The Morgan fingerprint density at radius 1 is 1.12 bits per heavy atom. The van der Waals surface area contributed by atoms with E-state index in [9.17, 15) is 4.79 Å². The fourth-order valence-corrected chi connectivity index (χ4v) is 3.01. The fraction of sp³-hybridized carbons (Fsp3) is 0.300. The summed E-state index contributed by atoms with van der Waals surface area (Å²) in [4.78, 5) is 21.1. The highest BCUT2D eigenvalue weighted by atomic mass is 16.5. The summed E-state index contributed by atoms with van der Waals surface area (Å²) in [5.41, 5.74) is 1.74. The minimum absolute atomic E-state index is 0.0282. The molecule has 6 nitrogen and oxygen atoms in total. The predicted octanol–water partition coefficient (Wildman–Crippen LogP) is 1.72. The van der Waals surface area contributed by atoms with Gasteiger partial charge in [-0.3, -0.25) is 4.79 Å². The molecule has 3 aromatic rings. The minimum Gasteiger partial charge on any atom is -0.493 e. The van der Waals surface area contributed by atoms with Gasteiger partial charge in [-0.05, 0) is 37.3 Å². The van der Waals surface area contributed by atoms with Crippen molar-refractivity contribution in [2.24, 2.45) is 0 Å². The molecule has 0 saturated heterocycles. The van der Waals surface area contributed by atoms with E-state index in [1.54, 1.807) is 20.3 Å². The van der Waals surface area contributed by atoms with Crippen LogP contribution in [0.1, 0.15) is 24.4 Å². The monoisotopic (exact) mass is 354 g/mol. The number of H-pyrrole nitrogens is 1. The number of para-hydroxylation sites is 1. The number of fused-ring (bicyclic) bond motifs is 1. The van der Waals surface area contributed by atoms with Gasteiger partial charge in [-0.2, -0.15) is 0 Å². The Hall–Kier alpha value is -2.86. The Kier molecular flexibility index (Phi) is 5.23. The molecule has 2 N–H and O–H groups in total. The van der Waals surface area contributed by atoms with Gasteiger partial charge in [0.2, 0.25) is 0 Å². The summed E-state index contributed by atoms with van der Waals surface area (Å²) in [5.74, 6) is 2.11. The molecule has 1 heterocycles. The first-order chi connectivity index (χ1) is 12.5. The summed E-state index contributed by atoms with van der Waals surface area (Å²) in [7, 11) is 5.33. The summed E-state index contributed by atoms with van der Waals surface area (Å²) in [6.07, 6.45) is 0. The highest BCUT2D eigenvalue weighted by Crippen LogP contribution is 2.27. The molecule has 3 rings (SSSR count). The molecule has 1 unspecified atom stereocenters. The van der Waals surface area contributed by atoms with Crippen molar-refractivity contribution in [3.05, 3.63) is 64.2 Å². The maximum absolute atomic E-state index is 12.3. The van der Waals surface area contributed by atoms with Gasteiger partial charge in [-0.25, -0.2) is 4.98 Å². The zero-order valence-corrected chi connectivity index (χ0v) is 15.5. The standard InChI is InChI=1S/C20H23N3O3/c1-13(19-21-16-8-6-5-7-15(16)20(24)22-19)23(2)12-14-9-10-17(25-3)18(11-14)26-4/h5-11,13H,12H2,1-4H3,(H,21,22,24)/p+1/t13-/m0/s1. The second-order valence-corrected chi connectivity index (χ2v) is 6.40. The molecule has 0 amide bonds. The van der Waals surface area contributed by atoms with Gasteiger partial charge < -0.3 is 19.4 Å². The highest BCUT2D eigenvalue weighted by molar-refractivity contribution is 5.77. The summed E-state index contributed by atoms with van der Waals surface area (Å²) in [5, 5.41) is 0.612. The number of aromatic nitrogens is 2. The first kappa shape index (κ1) is 17.9. The summed E-state index contributed by atoms with van der Waals surface area (Å²) in [6, 6.07) is 13.3. The van der Waals surface area contributed by atoms with E-state index >= 15 is 0 Å². The zero-order valence-electron chi connectivity index (χ0n) is 15.5. The van der Waals surface area contributed by atoms with Crippen LogP contribution in [-0.2, 0) is 6.54 Å². The molecule has 0 spiro atoms. The van der Waals surface area contributed by atoms with Crippen molar-refractivity contribution in [3.8, 4) is 11.5 Å². The Morgan fingerprint density at radius 3 is 2.58 bits per heavy atom. The molecule has 0 aliphatic carbocycles. The Bertz CT molecular complexity index is 968. The van der Waals surface area contributed by atoms with Gasteiger partial charge in [-0.1, -0.05) is 12.1 Å². The number of rotatable bonds is 6. The van der Waals surface area contributed by atoms with Crippen molar-refractivity contribution in [2.45, 2.75) is 19.5 Å². The van der Waals surface area contributed by atoms with E-state index in [1.807, 2.05) is 36.4 Å². The van der Waals surface area contributed by atoms with E-state index in [0.29, 0.717) is 22.7 Å². The van der Waals surface area contributed by atoms with E-state index in [1.165, 1.54) is 4.90 Å². The van der Waals surface area contributed by atoms with Crippen LogP contribution in [0.4, 0.5) is 0 Å². The molecular formula is C20H24N3O3+. The van der Waals surface area contributed by atoms with Crippen molar-refractivity contribution >= 4 is 10.9 Å². The number of ether oxygens (including phenoxy) is 2. The van der Waals surface area contributed by atoms with Gasteiger partial charge in [-0.15, -0.1) is 0 Å². The number of quaternary nitrogens is 1. The first-order valence-electron chi connectivity index (χ1n) is 8.55. The highest BCUT2D eigenvalue weighted by Gasteiger charge is 2.20. The smallest absolute Gasteiger partial charge is 0.258 e. The third-order valence-electron chi connectivity index (χ3n) is 4.71. The molecule has 0 fully saturated rings. The number of benzene rings is 2. The van der Waals surface area contributed by atoms with E-state index in [-0.39, 0.29) is 11.6 Å². The first-order valence-corrected chi connectivity index (χ1v) is 8.55. The molecule has 0 radical (unpaired) electrons. The SMILES string of the molecule is COc1ccc(C[NH+](C)[C@@H](C)c2nc3ccccc3c(=O)[nH]2)cc1OC. The number of nitrogens with zero attached hydrogens (tertiary/aromatic N) is 1. The number of hydrogen-bond acceptors (Lipinski definition) is 4. The normalized spacial score (nSPS) is 13.4. The maximum Gasteiger partial charge on any atom is 0.258 e. The number of aromatic amines is 1. The summed E-state index contributed by atoms with van der Waals surface area (Å²) >= 11 is 0. The second kappa shape index (κ2) is 7.58. The topological polar surface area (TPSA) is 68.7 Å². The fourth-order valence-electron chi connectivity index (χ4n) is 3.01. The molecule has 1 aromatic heterocycles. The van der Waals surface area contributed by atoms with Crippen LogP contribution in [0.2, 0.25) is 0 Å². The van der Waals surface area contributed by atoms with E-state index in [2.05, 4.69) is 23.9 Å². The third-order valence-corrected chi connectivity index (χ3v) is 4.71. The molecule has 0 aliphatic heterocycles. The molecular weight excluding hydrogens is 330 g/mol. The van der Waals surface area contributed by atoms with Gasteiger partial charge >= 0.3 is 0 Å². The molecule has 26 heavy (non-hydrogen) atoms. The van der Waals surface area contributed by atoms with Gasteiger partial charge in [0, 0.05) is 5.56 Å². The Balaban J connectivity index is 1.84. The lowest BCUT2D eigenvalue weighted by molar-refractivity contribution is -0.924. The maximum atomic E-state index is 12.3. The van der Waals surface area contributed by atoms with Crippen LogP contribution in [0.25, 0.3) is 10.9 Å². The van der Waals surface area contributed by atoms with Crippen molar-refractivity contribution in [1.29, 1.82) is 0 Å². The zero-order chi connectivity index (χ0) is 18.7. The van der Waals surface area contributed by atoms with E-state index in [4.69, 9.17) is 9.47 Å². The number of methoxy groups -OCH3 is 2. The number of hydrogen-bond donors (Lipinski definition) is 2. The molecule has 2 aromatic carbocycles. The third kappa shape index (κ3) is 3.55. The van der Waals surface area contributed by atoms with E-state index < -0.39 is 0 Å². The van der Waals surface area contributed by atoms with E-state index in [0.717, 1.165) is 17.6 Å². The largest absolute Gasteiger partial charge is 0.493 e. The average Bonchev–Trinajstić information content (AvgIpc) is 2.67. The average molecular weight is 354 g/mol. The lowest BCUT2D eigenvalue weighted by Gasteiger charge is -2.21. The second-order valence-electron chi connectivity index (χ2n) is 6.40. The molecule has 0 aliphatic rings. The quantitative estimate of drug-likeness (QED) is 0.707. The van der Waals surface area contributed by atoms with Gasteiger partial charge in [0.25, 0.3) is 5.56 Å². The molecule has 0 saturated carbocycles. The van der Waals surface area contributed by atoms with Crippen LogP contribution in [-0.4, -0.2) is 31.2 Å². The molecule has 136 valence electrons. The molecule has 6 heteroatoms.